The molecule has 0 spiro atoms. The summed E-state index contributed by atoms with van der Waals surface area (Å²) < 4.78 is 3.13. The lowest BCUT2D eigenvalue weighted by atomic mass is 10.1. The molecule has 0 aromatic carbocycles. The van der Waals surface area contributed by atoms with Crippen LogP contribution in [0.2, 0.25) is 0 Å². The molecular weight excluding hydrogens is 304 g/mol. The first kappa shape index (κ1) is 13.1. The predicted octanol–water partition coefficient (Wildman–Crippen LogP) is 2.11. The van der Waals surface area contributed by atoms with Crippen LogP contribution in [0.25, 0.3) is 5.52 Å². The number of pyridine rings is 1. The Kier molecular flexibility index (Phi) is 3.86. The molecule has 2 aromatic heterocycles. The van der Waals surface area contributed by atoms with Crippen molar-refractivity contribution in [1.82, 2.24) is 19.6 Å². The molecule has 1 atom stereocenters. The van der Waals surface area contributed by atoms with Gasteiger partial charge < -0.3 is 14.6 Å². The van der Waals surface area contributed by atoms with Gasteiger partial charge in [-0.05, 0) is 28.1 Å². The Hall–Kier alpha value is -0.910. The number of fused-ring (bicyclic) bond motifs is 1. The molecule has 4 nitrogen and oxygen atoms in total. The molecule has 0 bridgehead atoms. The maximum Gasteiger partial charge on any atom is 0.132 e. The number of piperazine rings is 1. The zero-order valence-corrected chi connectivity index (χ0v) is 12.7. The molecule has 0 radical (unpaired) electrons. The van der Waals surface area contributed by atoms with E-state index in [0.717, 1.165) is 48.7 Å². The van der Waals surface area contributed by atoms with E-state index in [-0.39, 0.29) is 0 Å². The Bertz CT molecular complexity index is 560. The second-order valence-electron chi connectivity index (χ2n) is 5.17. The first-order valence-corrected chi connectivity index (χ1v) is 7.60. The highest BCUT2D eigenvalue weighted by molar-refractivity contribution is 9.10. The summed E-state index contributed by atoms with van der Waals surface area (Å²) in [6, 6.07) is 6.20. The van der Waals surface area contributed by atoms with Crippen molar-refractivity contribution >= 4 is 21.4 Å². The number of nitrogens with zero attached hydrogens (tertiary/aromatic N) is 3. The monoisotopic (exact) mass is 322 g/mol. The van der Waals surface area contributed by atoms with E-state index >= 15 is 0 Å². The zero-order chi connectivity index (χ0) is 13.2. The van der Waals surface area contributed by atoms with E-state index in [0.29, 0.717) is 5.92 Å². The molecule has 1 aliphatic rings. The van der Waals surface area contributed by atoms with Crippen LogP contribution in [0.4, 0.5) is 0 Å². The van der Waals surface area contributed by atoms with Crippen LogP contribution in [-0.2, 0) is 0 Å². The summed E-state index contributed by atoms with van der Waals surface area (Å²) >= 11 is 3.56. The molecule has 5 heteroatoms. The van der Waals surface area contributed by atoms with Crippen molar-refractivity contribution in [2.45, 2.75) is 12.8 Å². The van der Waals surface area contributed by atoms with Crippen molar-refractivity contribution in [1.29, 1.82) is 0 Å². The summed E-state index contributed by atoms with van der Waals surface area (Å²) in [6.07, 6.45) is 2.09. The average Bonchev–Trinajstić information content (AvgIpc) is 2.78. The lowest BCUT2D eigenvalue weighted by Crippen LogP contribution is -2.44. The van der Waals surface area contributed by atoms with E-state index < -0.39 is 0 Å². The summed E-state index contributed by atoms with van der Waals surface area (Å²) in [4.78, 5) is 7.21. The smallest absolute Gasteiger partial charge is 0.132 e. The minimum atomic E-state index is 0.430. The molecule has 0 aliphatic carbocycles. The van der Waals surface area contributed by atoms with E-state index in [9.17, 15) is 0 Å². The highest BCUT2D eigenvalue weighted by Crippen LogP contribution is 2.24. The summed E-state index contributed by atoms with van der Waals surface area (Å²) in [5.41, 5.74) is 1.14. The quantitative estimate of drug-likeness (QED) is 0.939. The minimum Gasteiger partial charge on any atom is -0.314 e. The second kappa shape index (κ2) is 5.61. The molecule has 102 valence electrons. The number of nitrogens with one attached hydrogen (secondary N) is 1. The Morgan fingerprint density at radius 3 is 2.95 bits per heavy atom. The van der Waals surface area contributed by atoms with Crippen LogP contribution in [0.15, 0.2) is 29.0 Å². The highest BCUT2D eigenvalue weighted by Gasteiger charge is 2.19. The van der Waals surface area contributed by atoms with E-state index in [1.54, 1.807) is 0 Å². The SMILES string of the molecule is CC(CN1CCNCC1)c1nc(Br)c2ccccn12. The molecule has 1 fully saturated rings. The van der Waals surface area contributed by atoms with E-state index in [4.69, 9.17) is 4.98 Å². The van der Waals surface area contributed by atoms with Crippen molar-refractivity contribution in [2.24, 2.45) is 0 Å². The summed E-state index contributed by atoms with van der Waals surface area (Å²) in [5.74, 6) is 1.57. The summed E-state index contributed by atoms with van der Waals surface area (Å²) in [6.45, 7) is 7.79. The largest absolute Gasteiger partial charge is 0.314 e. The van der Waals surface area contributed by atoms with Crippen LogP contribution in [0.5, 0.6) is 0 Å². The predicted molar refractivity (Wildman–Crippen MR) is 80.6 cm³/mol. The van der Waals surface area contributed by atoms with Gasteiger partial charge in [0.1, 0.15) is 10.4 Å². The molecule has 1 N–H and O–H groups in total. The highest BCUT2D eigenvalue weighted by atomic mass is 79.9. The molecule has 3 rings (SSSR count). The molecule has 1 saturated heterocycles. The van der Waals surface area contributed by atoms with Gasteiger partial charge in [-0.1, -0.05) is 13.0 Å². The number of imidazole rings is 1. The Morgan fingerprint density at radius 1 is 1.37 bits per heavy atom. The van der Waals surface area contributed by atoms with Gasteiger partial charge >= 0.3 is 0 Å². The molecule has 0 amide bonds. The van der Waals surface area contributed by atoms with Crippen LogP contribution in [-0.4, -0.2) is 47.0 Å². The fourth-order valence-corrected chi connectivity index (χ4v) is 3.24. The fourth-order valence-electron chi connectivity index (χ4n) is 2.73. The van der Waals surface area contributed by atoms with Gasteiger partial charge in [-0.25, -0.2) is 4.98 Å². The van der Waals surface area contributed by atoms with Crippen molar-refractivity contribution in [3.8, 4) is 0 Å². The molecule has 19 heavy (non-hydrogen) atoms. The first-order chi connectivity index (χ1) is 9.25. The van der Waals surface area contributed by atoms with E-state index in [1.807, 2.05) is 6.07 Å². The molecule has 1 aliphatic heterocycles. The molecule has 2 aromatic rings. The Morgan fingerprint density at radius 2 is 2.16 bits per heavy atom. The van der Waals surface area contributed by atoms with Gasteiger partial charge in [0.25, 0.3) is 0 Å². The third-order valence-corrected chi connectivity index (χ3v) is 4.30. The lowest BCUT2D eigenvalue weighted by Gasteiger charge is -2.29. The van der Waals surface area contributed by atoms with Crippen LogP contribution < -0.4 is 5.32 Å². The van der Waals surface area contributed by atoms with Gasteiger partial charge in [-0.15, -0.1) is 0 Å². The number of rotatable bonds is 3. The number of hydrogen-bond acceptors (Lipinski definition) is 3. The van der Waals surface area contributed by atoms with E-state index in [2.05, 4.69) is 55.8 Å². The molecule has 3 heterocycles. The number of aromatic nitrogens is 2. The van der Waals surface area contributed by atoms with Crippen LogP contribution in [0.1, 0.15) is 18.7 Å². The van der Waals surface area contributed by atoms with Gasteiger partial charge in [-0.3, -0.25) is 0 Å². The standard InChI is InChI=1S/C14H19BrN4/c1-11(10-18-8-5-16-6-9-18)14-17-13(15)12-4-2-3-7-19(12)14/h2-4,7,11,16H,5-6,8-10H2,1H3. The molecule has 0 saturated carbocycles. The third kappa shape index (κ3) is 2.68. The van der Waals surface area contributed by atoms with Crippen LogP contribution >= 0.6 is 15.9 Å². The Labute approximate surface area is 121 Å². The lowest BCUT2D eigenvalue weighted by molar-refractivity contribution is 0.228. The number of hydrogen-bond donors (Lipinski definition) is 1. The maximum atomic E-state index is 4.69. The minimum absolute atomic E-state index is 0.430. The molecule has 1 unspecified atom stereocenters. The van der Waals surface area contributed by atoms with Gasteiger partial charge in [0.2, 0.25) is 0 Å². The van der Waals surface area contributed by atoms with Crippen LogP contribution in [0, 0.1) is 0 Å². The summed E-state index contributed by atoms with van der Waals surface area (Å²) in [5, 5.41) is 3.39. The van der Waals surface area contributed by atoms with Gasteiger partial charge in [0.05, 0.1) is 5.52 Å². The normalized spacial score (nSPS) is 18.8. The van der Waals surface area contributed by atoms with Crippen molar-refractivity contribution in [3.05, 3.63) is 34.8 Å². The van der Waals surface area contributed by atoms with Gasteiger partial charge in [0.15, 0.2) is 0 Å². The first-order valence-electron chi connectivity index (χ1n) is 6.81. The topological polar surface area (TPSA) is 32.6 Å². The summed E-state index contributed by atoms with van der Waals surface area (Å²) in [7, 11) is 0. The number of halogens is 1. The fraction of sp³-hybridized carbons (Fsp3) is 0.500. The zero-order valence-electron chi connectivity index (χ0n) is 11.1. The molecular formula is C14H19BrN4. The van der Waals surface area contributed by atoms with Crippen molar-refractivity contribution in [2.75, 3.05) is 32.7 Å². The van der Waals surface area contributed by atoms with Gasteiger partial charge in [-0.2, -0.15) is 0 Å². The maximum absolute atomic E-state index is 4.69. The average molecular weight is 323 g/mol. The van der Waals surface area contributed by atoms with E-state index in [1.165, 1.54) is 0 Å². The Balaban J connectivity index is 1.82. The van der Waals surface area contributed by atoms with Crippen LogP contribution in [0.3, 0.4) is 0 Å². The second-order valence-corrected chi connectivity index (χ2v) is 5.92. The third-order valence-electron chi connectivity index (χ3n) is 3.71. The van der Waals surface area contributed by atoms with Gasteiger partial charge in [0, 0.05) is 44.8 Å². The van der Waals surface area contributed by atoms with Crippen molar-refractivity contribution < 1.29 is 0 Å². The van der Waals surface area contributed by atoms with Crippen molar-refractivity contribution in [3.63, 3.8) is 0 Å².